The molecule has 3 heteroatoms. The average molecular weight is 239 g/mol. The highest BCUT2D eigenvalue weighted by atomic mass is 35.5. The zero-order chi connectivity index (χ0) is 11.6. The van der Waals surface area contributed by atoms with Crippen LogP contribution in [0.25, 0.3) is 0 Å². The second-order valence-electron chi connectivity index (χ2n) is 5.20. The molecule has 1 aromatic rings. The average Bonchev–Trinajstić information content (AvgIpc) is 2.65. The smallest absolute Gasteiger partial charge is 0.0621 e. The Kier molecular flexibility index (Phi) is 3.50. The van der Waals surface area contributed by atoms with Gasteiger partial charge in [-0.25, -0.2) is 0 Å². The molecular weight excluding hydrogens is 220 g/mol. The largest absolute Gasteiger partial charge is 0.330 e. The van der Waals surface area contributed by atoms with Crippen LogP contribution >= 0.6 is 11.6 Å². The number of hydrogen-bond donors (Lipinski definition) is 1. The van der Waals surface area contributed by atoms with Crippen LogP contribution in [0.15, 0.2) is 18.5 Å². The van der Waals surface area contributed by atoms with Crippen molar-refractivity contribution in [1.82, 2.24) is 4.98 Å². The Morgan fingerprint density at radius 2 is 2.44 bits per heavy atom. The Morgan fingerprint density at radius 1 is 1.62 bits per heavy atom. The molecule has 0 aliphatic heterocycles. The van der Waals surface area contributed by atoms with Gasteiger partial charge >= 0.3 is 0 Å². The highest BCUT2D eigenvalue weighted by Gasteiger charge is 2.36. The quantitative estimate of drug-likeness (QED) is 0.879. The maximum atomic E-state index is 6.15. The monoisotopic (exact) mass is 238 g/mol. The number of pyridine rings is 1. The van der Waals surface area contributed by atoms with Gasteiger partial charge in [0, 0.05) is 12.4 Å². The van der Waals surface area contributed by atoms with Gasteiger partial charge in [0.05, 0.1) is 5.02 Å². The normalized spacial score (nSPS) is 29.6. The number of nitrogens with two attached hydrogens (primary N) is 1. The molecule has 0 aromatic carbocycles. The molecule has 2 atom stereocenters. The fraction of sp³-hybridized carbons (Fsp3) is 0.615. The van der Waals surface area contributed by atoms with Crippen molar-refractivity contribution in [2.75, 3.05) is 6.54 Å². The summed E-state index contributed by atoms with van der Waals surface area (Å²) in [5, 5.41) is 0.773. The number of halogens is 1. The minimum atomic E-state index is 0.268. The van der Waals surface area contributed by atoms with E-state index in [0.29, 0.717) is 0 Å². The minimum absolute atomic E-state index is 0.268. The van der Waals surface area contributed by atoms with Crippen molar-refractivity contribution in [1.29, 1.82) is 0 Å². The van der Waals surface area contributed by atoms with Crippen LogP contribution in [0.3, 0.4) is 0 Å². The Hall–Kier alpha value is -0.600. The molecule has 1 aromatic heterocycles. The fourth-order valence-electron chi connectivity index (χ4n) is 2.87. The summed E-state index contributed by atoms with van der Waals surface area (Å²) < 4.78 is 0. The Bertz CT molecular complexity index is 367. The van der Waals surface area contributed by atoms with Crippen molar-refractivity contribution < 1.29 is 0 Å². The summed E-state index contributed by atoms with van der Waals surface area (Å²) in [6.45, 7) is 3.07. The molecule has 2 N–H and O–H groups in total. The van der Waals surface area contributed by atoms with Gasteiger partial charge in [0.15, 0.2) is 0 Å². The first-order valence-electron chi connectivity index (χ1n) is 5.94. The molecule has 1 saturated carbocycles. The summed E-state index contributed by atoms with van der Waals surface area (Å²) in [5.74, 6) is 0.796. The van der Waals surface area contributed by atoms with Gasteiger partial charge in [-0.05, 0) is 48.8 Å². The Morgan fingerprint density at radius 3 is 3.00 bits per heavy atom. The molecule has 2 rings (SSSR count). The lowest BCUT2D eigenvalue weighted by molar-refractivity contribution is 0.295. The molecule has 1 heterocycles. The molecule has 88 valence electrons. The van der Waals surface area contributed by atoms with Crippen LogP contribution in [0.1, 0.15) is 31.7 Å². The summed E-state index contributed by atoms with van der Waals surface area (Å²) in [6, 6.07) is 2.02. The van der Waals surface area contributed by atoms with Gasteiger partial charge in [-0.2, -0.15) is 0 Å². The molecule has 2 unspecified atom stereocenters. The summed E-state index contributed by atoms with van der Waals surface area (Å²) in [6.07, 6.45) is 8.27. The van der Waals surface area contributed by atoms with E-state index < -0.39 is 0 Å². The molecule has 0 bridgehead atoms. The first-order valence-corrected chi connectivity index (χ1v) is 6.31. The topological polar surface area (TPSA) is 38.9 Å². The minimum Gasteiger partial charge on any atom is -0.330 e. The van der Waals surface area contributed by atoms with Gasteiger partial charge in [-0.15, -0.1) is 0 Å². The van der Waals surface area contributed by atoms with Gasteiger partial charge in [0.2, 0.25) is 0 Å². The molecule has 0 radical (unpaired) electrons. The van der Waals surface area contributed by atoms with Gasteiger partial charge in [-0.1, -0.05) is 24.9 Å². The van der Waals surface area contributed by atoms with Crippen LogP contribution in [0.2, 0.25) is 5.02 Å². The van der Waals surface area contributed by atoms with E-state index >= 15 is 0 Å². The van der Waals surface area contributed by atoms with E-state index in [-0.39, 0.29) is 5.41 Å². The molecule has 0 saturated heterocycles. The number of nitrogens with zero attached hydrogens (tertiary/aromatic N) is 1. The predicted octanol–water partition coefficient (Wildman–Crippen LogP) is 3.04. The highest BCUT2D eigenvalue weighted by molar-refractivity contribution is 6.31. The third kappa shape index (κ3) is 2.38. The molecule has 0 amide bonds. The van der Waals surface area contributed by atoms with Gasteiger partial charge < -0.3 is 5.73 Å². The van der Waals surface area contributed by atoms with E-state index in [2.05, 4.69) is 11.9 Å². The third-order valence-electron chi connectivity index (χ3n) is 3.80. The van der Waals surface area contributed by atoms with Crippen molar-refractivity contribution >= 4 is 11.6 Å². The molecule has 2 nitrogen and oxygen atoms in total. The Balaban J connectivity index is 2.16. The molecule has 1 aliphatic rings. The first-order chi connectivity index (χ1) is 7.65. The Labute approximate surface area is 102 Å². The summed E-state index contributed by atoms with van der Waals surface area (Å²) >= 11 is 6.15. The summed E-state index contributed by atoms with van der Waals surface area (Å²) in [7, 11) is 0. The van der Waals surface area contributed by atoms with E-state index in [0.717, 1.165) is 23.9 Å². The standard InChI is InChI=1S/C13H19ClN2/c1-10-2-4-13(6-10,9-15)7-11-3-5-16-8-12(11)14/h3,5,8,10H,2,4,6-7,9,15H2,1H3. The molecule has 0 spiro atoms. The summed E-state index contributed by atoms with van der Waals surface area (Å²) in [4.78, 5) is 4.02. The maximum Gasteiger partial charge on any atom is 0.0621 e. The lowest BCUT2D eigenvalue weighted by Crippen LogP contribution is -2.30. The van der Waals surface area contributed by atoms with Crippen LogP contribution in [0, 0.1) is 11.3 Å². The molecule has 1 fully saturated rings. The van der Waals surface area contributed by atoms with Crippen LogP contribution in [-0.4, -0.2) is 11.5 Å². The van der Waals surface area contributed by atoms with Crippen molar-refractivity contribution in [3.63, 3.8) is 0 Å². The molecular formula is C13H19ClN2. The third-order valence-corrected chi connectivity index (χ3v) is 4.14. The maximum absolute atomic E-state index is 6.15. The molecule has 1 aliphatic carbocycles. The lowest BCUT2D eigenvalue weighted by Gasteiger charge is -2.28. The summed E-state index contributed by atoms with van der Waals surface area (Å²) in [5.41, 5.74) is 7.43. The van der Waals surface area contributed by atoms with E-state index in [1.807, 2.05) is 12.3 Å². The zero-order valence-corrected chi connectivity index (χ0v) is 10.5. The van der Waals surface area contributed by atoms with Crippen LogP contribution in [0.4, 0.5) is 0 Å². The number of aromatic nitrogens is 1. The lowest BCUT2D eigenvalue weighted by atomic mass is 9.79. The van der Waals surface area contributed by atoms with Crippen molar-refractivity contribution in [3.05, 3.63) is 29.0 Å². The van der Waals surface area contributed by atoms with Gasteiger partial charge in [0.1, 0.15) is 0 Å². The van der Waals surface area contributed by atoms with Crippen LogP contribution < -0.4 is 5.73 Å². The zero-order valence-electron chi connectivity index (χ0n) is 9.75. The second kappa shape index (κ2) is 4.72. The van der Waals surface area contributed by atoms with Crippen molar-refractivity contribution in [3.8, 4) is 0 Å². The first kappa shape index (κ1) is 11.9. The van der Waals surface area contributed by atoms with Crippen molar-refractivity contribution in [2.24, 2.45) is 17.1 Å². The van der Waals surface area contributed by atoms with Crippen LogP contribution in [-0.2, 0) is 6.42 Å². The van der Waals surface area contributed by atoms with Gasteiger partial charge in [-0.3, -0.25) is 4.98 Å². The van der Waals surface area contributed by atoms with E-state index in [9.17, 15) is 0 Å². The van der Waals surface area contributed by atoms with E-state index in [1.165, 1.54) is 24.8 Å². The van der Waals surface area contributed by atoms with Crippen LogP contribution in [0.5, 0.6) is 0 Å². The highest BCUT2D eigenvalue weighted by Crippen LogP contribution is 2.43. The van der Waals surface area contributed by atoms with E-state index in [4.69, 9.17) is 17.3 Å². The van der Waals surface area contributed by atoms with E-state index in [1.54, 1.807) is 6.20 Å². The van der Waals surface area contributed by atoms with Gasteiger partial charge in [0.25, 0.3) is 0 Å². The predicted molar refractivity (Wildman–Crippen MR) is 67.5 cm³/mol. The van der Waals surface area contributed by atoms with Crippen molar-refractivity contribution in [2.45, 2.75) is 32.6 Å². The fourth-order valence-corrected chi connectivity index (χ4v) is 3.05. The molecule has 16 heavy (non-hydrogen) atoms. The SMILES string of the molecule is CC1CCC(CN)(Cc2ccncc2Cl)C1. The second-order valence-corrected chi connectivity index (χ2v) is 5.60. The number of hydrogen-bond acceptors (Lipinski definition) is 2. The number of rotatable bonds is 3.